The van der Waals surface area contributed by atoms with E-state index in [0.29, 0.717) is 0 Å². The molecule has 0 fully saturated rings. The van der Waals surface area contributed by atoms with Gasteiger partial charge in [-0.3, -0.25) is 4.99 Å². The number of hydrogen-bond acceptors (Lipinski definition) is 3. The Kier molecular flexibility index (Phi) is 12.1. The Morgan fingerprint density at radius 1 is 1.22 bits per heavy atom. The van der Waals surface area contributed by atoms with E-state index < -0.39 is 0 Å². The fourth-order valence-electron chi connectivity index (χ4n) is 2.92. The molecule has 2 aromatic rings. The normalized spacial score (nSPS) is 11.6. The Morgan fingerprint density at radius 3 is 2.81 bits per heavy atom. The zero-order chi connectivity index (χ0) is 18.6. The number of hydrogen-bond donors (Lipinski definition) is 3. The van der Waals surface area contributed by atoms with Gasteiger partial charge in [-0.1, -0.05) is 18.2 Å². The molecule has 0 atom stereocenters. The van der Waals surface area contributed by atoms with Gasteiger partial charge in [-0.05, 0) is 38.4 Å². The lowest BCUT2D eigenvalue weighted by Crippen LogP contribution is -2.39. The average Bonchev–Trinajstić information content (AvgIpc) is 3.05. The van der Waals surface area contributed by atoms with E-state index in [1.54, 1.807) is 7.11 Å². The van der Waals surface area contributed by atoms with Gasteiger partial charge in [-0.25, -0.2) is 0 Å². The van der Waals surface area contributed by atoms with Crippen molar-refractivity contribution in [3.05, 3.63) is 36.0 Å². The number of aromatic amines is 1. The zero-order valence-electron chi connectivity index (χ0n) is 16.8. The summed E-state index contributed by atoms with van der Waals surface area (Å²) in [4.78, 5) is 10.3. The van der Waals surface area contributed by atoms with Gasteiger partial charge >= 0.3 is 0 Å². The van der Waals surface area contributed by atoms with Crippen LogP contribution in [0.3, 0.4) is 0 Å². The number of methoxy groups -OCH3 is 1. The van der Waals surface area contributed by atoms with Crippen molar-refractivity contribution < 1.29 is 4.74 Å². The summed E-state index contributed by atoms with van der Waals surface area (Å²) < 4.78 is 5.09. The molecule has 0 unspecified atom stereocenters. The van der Waals surface area contributed by atoms with Gasteiger partial charge in [0.05, 0.1) is 6.54 Å². The molecule has 0 radical (unpaired) electrons. The number of nitrogens with zero attached hydrogens (tertiary/aromatic N) is 2. The number of ether oxygens (including phenoxy) is 1. The van der Waals surface area contributed by atoms with Crippen LogP contribution in [0, 0.1) is 0 Å². The van der Waals surface area contributed by atoms with Crippen LogP contribution in [0.5, 0.6) is 0 Å². The molecule has 0 amide bonds. The first-order valence-corrected chi connectivity index (χ1v) is 9.49. The SMILES string of the molecule is CCNC(=NCCN(C)CCCOC)NCCc1c[nH]c2ccccc12.I. The number of nitrogens with one attached hydrogen (secondary N) is 3. The Labute approximate surface area is 180 Å². The summed E-state index contributed by atoms with van der Waals surface area (Å²) in [5.41, 5.74) is 2.53. The number of aromatic nitrogens is 1. The van der Waals surface area contributed by atoms with Crippen LogP contribution >= 0.6 is 24.0 Å². The van der Waals surface area contributed by atoms with E-state index in [2.05, 4.69) is 69.9 Å². The van der Waals surface area contributed by atoms with Crippen LogP contribution in [0.25, 0.3) is 10.9 Å². The number of benzene rings is 1. The van der Waals surface area contributed by atoms with Gasteiger partial charge in [0.1, 0.15) is 0 Å². The third-order valence-corrected chi connectivity index (χ3v) is 4.35. The molecule has 0 spiro atoms. The molecule has 0 aliphatic rings. The van der Waals surface area contributed by atoms with Crippen molar-refractivity contribution in [3.63, 3.8) is 0 Å². The predicted molar refractivity (Wildman–Crippen MR) is 125 cm³/mol. The number of likely N-dealkylation sites (N-methyl/N-ethyl adjacent to an activating group) is 1. The molecule has 0 aliphatic heterocycles. The van der Waals surface area contributed by atoms with Gasteiger partial charge < -0.3 is 25.3 Å². The molecule has 0 aliphatic carbocycles. The maximum absolute atomic E-state index is 5.09. The van der Waals surface area contributed by atoms with Crippen molar-refractivity contribution in [1.82, 2.24) is 20.5 Å². The van der Waals surface area contributed by atoms with E-state index in [1.165, 1.54) is 16.5 Å². The van der Waals surface area contributed by atoms with Crippen LogP contribution in [-0.4, -0.2) is 69.3 Å². The molecule has 152 valence electrons. The van der Waals surface area contributed by atoms with E-state index >= 15 is 0 Å². The largest absolute Gasteiger partial charge is 0.385 e. The highest BCUT2D eigenvalue weighted by atomic mass is 127. The highest BCUT2D eigenvalue weighted by molar-refractivity contribution is 14.0. The Bertz CT molecular complexity index is 673. The monoisotopic (exact) mass is 487 g/mol. The van der Waals surface area contributed by atoms with Crippen LogP contribution in [0.15, 0.2) is 35.5 Å². The maximum Gasteiger partial charge on any atom is 0.191 e. The lowest BCUT2D eigenvalue weighted by molar-refractivity contribution is 0.180. The van der Waals surface area contributed by atoms with E-state index in [0.717, 1.165) is 58.1 Å². The number of guanidine groups is 1. The smallest absolute Gasteiger partial charge is 0.191 e. The highest BCUT2D eigenvalue weighted by Crippen LogP contribution is 2.17. The van der Waals surface area contributed by atoms with Crippen molar-refractivity contribution >= 4 is 40.8 Å². The van der Waals surface area contributed by atoms with Crippen molar-refractivity contribution in [2.75, 3.05) is 53.5 Å². The van der Waals surface area contributed by atoms with Crippen LogP contribution < -0.4 is 10.6 Å². The fourth-order valence-corrected chi connectivity index (χ4v) is 2.92. The second-order valence-corrected chi connectivity index (χ2v) is 6.45. The third-order valence-electron chi connectivity index (χ3n) is 4.35. The van der Waals surface area contributed by atoms with E-state index in [1.807, 2.05) is 0 Å². The van der Waals surface area contributed by atoms with E-state index in [4.69, 9.17) is 4.74 Å². The average molecular weight is 487 g/mol. The second kappa shape index (κ2) is 13.8. The minimum absolute atomic E-state index is 0. The van der Waals surface area contributed by atoms with Crippen LogP contribution in [0.4, 0.5) is 0 Å². The van der Waals surface area contributed by atoms with Crippen molar-refractivity contribution in [1.29, 1.82) is 0 Å². The van der Waals surface area contributed by atoms with E-state index in [-0.39, 0.29) is 24.0 Å². The fraction of sp³-hybridized carbons (Fsp3) is 0.550. The van der Waals surface area contributed by atoms with Crippen LogP contribution in [-0.2, 0) is 11.2 Å². The number of halogens is 1. The summed E-state index contributed by atoms with van der Waals surface area (Å²) in [5.74, 6) is 0.887. The first-order chi connectivity index (χ1) is 12.7. The van der Waals surface area contributed by atoms with Crippen molar-refractivity contribution in [3.8, 4) is 0 Å². The first-order valence-electron chi connectivity index (χ1n) is 9.49. The first kappa shape index (κ1) is 23.7. The summed E-state index contributed by atoms with van der Waals surface area (Å²) in [6, 6.07) is 8.42. The molecule has 3 N–H and O–H groups in total. The number of rotatable bonds is 11. The number of fused-ring (bicyclic) bond motifs is 1. The Balaban J connectivity index is 0.00000364. The molecular weight excluding hydrogens is 453 g/mol. The Hall–Kier alpha value is -1.32. The molecule has 27 heavy (non-hydrogen) atoms. The number of para-hydroxylation sites is 1. The van der Waals surface area contributed by atoms with Gasteiger partial charge in [0.25, 0.3) is 0 Å². The van der Waals surface area contributed by atoms with Crippen molar-refractivity contribution in [2.45, 2.75) is 19.8 Å². The lowest BCUT2D eigenvalue weighted by Gasteiger charge is -2.16. The van der Waals surface area contributed by atoms with Gasteiger partial charge in [-0.15, -0.1) is 24.0 Å². The minimum atomic E-state index is 0. The van der Waals surface area contributed by atoms with Crippen LogP contribution in [0.1, 0.15) is 18.9 Å². The molecule has 7 heteroatoms. The third kappa shape index (κ3) is 8.49. The maximum atomic E-state index is 5.09. The molecule has 1 heterocycles. The lowest BCUT2D eigenvalue weighted by atomic mass is 10.1. The minimum Gasteiger partial charge on any atom is -0.385 e. The summed E-state index contributed by atoms with van der Waals surface area (Å²) in [6.45, 7) is 7.39. The Morgan fingerprint density at radius 2 is 2.04 bits per heavy atom. The summed E-state index contributed by atoms with van der Waals surface area (Å²) in [7, 11) is 3.87. The number of H-pyrrole nitrogens is 1. The molecule has 0 saturated carbocycles. The standard InChI is InChI=1S/C20H33N5O.HI/c1-4-21-20(23-12-14-25(2)13-7-15-26-3)22-11-10-17-16-24-19-9-6-5-8-18(17)19;/h5-6,8-9,16,24H,4,7,10-15H2,1-3H3,(H2,21,22,23);1H. The predicted octanol–water partition coefficient (Wildman–Crippen LogP) is 2.85. The zero-order valence-corrected chi connectivity index (χ0v) is 19.1. The molecule has 1 aromatic heterocycles. The van der Waals surface area contributed by atoms with Gasteiger partial charge in [0.2, 0.25) is 0 Å². The van der Waals surface area contributed by atoms with E-state index in [9.17, 15) is 0 Å². The molecule has 0 bridgehead atoms. The highest BCUT2D eigenvalue weighted by Gasteiger charge is 2.04. The number of aliphatic imine (C=N–C) groups is 1. The second-order valence-electron chi connectivity index (χ2n) is 6.45. The summed E-state index contributed by atoms with van der Waals surface area (Å²) in [6.07, 6.45) is 4.12. The topological polar surface area (TPSA) is 64.7 Å². The van der Waals surface area contributed by atoms with Gasteiger partial charge in [-0.2, -0.15) is 0 Å². The summed E-state index contributed by atoms with van der Waals surface area (Å²) in [5, 5.41) is 8.05. The van der Waals surface area contributed by atoms with Crippen LogP contribution in [0.2, 0.25) is 0 Å². The van der Waals surface area contributed by atoms with Gasteiger partial charge in [0.15, 0.2) is 5.96 Å². The molecular formula is C20H34IN5O. The van der Waals surface area contributed by atoms with Gasteiger partial charge in [0, 0.05) is 57.0 Å². The molecule has 1 aromatic carbocycles. The quantitative estimate of drug-likeness (QED) is 0.198. The molecule has 2 rings (SSSR count). The molecule has 6 nitrogen and oxygen atoms in total. The van der Waals surface area contributed by atoms with Crippen molar-refractivity contribution in [2.24, 2.45) is 4.99 Å². The summed E-state index contributed by atoms with van der Waals surface area (Å²) >= 11 is 0. The molecule has 0 saturated heterocycles.